The number of aliphatic hydroxyl groups excluding tert-OH is 1. The van der Waals surface area contributed by atoms with Crippen molar-refractivity contribution in [1.82, 2.24) is 9.97 Å². The topological polar surface area (TPSA) is 49.2 Å². The largest absolute Gasteiger partial charge is 0.392 e. The highest BCUT2D eigenvalue weighted by Crippen LogP contribution is 2.22. The van der Waals surface area contributed by atoms with E-state index in [1.165, 1.54) is 0 Å². The minimum Gasteiger partial charge on any atom is -0.392 e. The molecule has 0 atom stereocenters. The lowest BCUT2D eigenvalue weighted by Gasteiger charge is -2.22. The van der Waals surface area contributed by atoms with Crippen molar-refractivity contribution in [3.63, 3.8) is 0 Å². The number of rotatable bonds is 4. The Bertz CT molecular complexity index is 555. The van der Waals surface area contributed by atoms with E-state index < -0.39 is 0 Å². The number of nitrogens with zero attached hydrogens (tertiary/aromatic N) is 3. The van der Waals surface area contributed by atoms with Gasteiger partial charge in [-0.25, -0.2) is 4.98 Å². The average molecular weight is 257 g/mol. The highest BCUT2D eigenvalue weighted by Gasteiger charge is 2.12. The number of hydrogen-bond donors (Lipinski definition) is 1. The summed E-state index contributed by atoms with van der Waals surface area (Å²) in [4.78, 5) is 10.7. The predicted molar refractivity (Wildman–Crippen MR) is 76.0 cm³/mol. The molecular formula is C15H19N3O. The number of aryl methyl sites for hydroxylation is 2. The number of aliphatic hydroxyl groups is 1. The molecule has 0 aliphatic carbocycles. The van der Waals surface area contributed by atoms with Crippen LogP contribution in [-0.4, -0.2) is 22.1 Å². The van der Waals surface area contributed by atoms with Gasteiger partial charge in [-0.1, -0.05) is 6.07 Å². The molecule has 0 amide bonds. The van der Waals surface area contributed by atoms with Crippen molar-refractivity contribution in [2.45, 2.75) is 27.0 Å². The maximum absolute atomic E-state index is 9.53. The molecule has 4 nitrogen and oxygen atoms in total. The van der Waals surface area contributed by atoms with Crippen LogP contribution in [0.25, 0.3) is 0 Å². The van der Waals surface area contributed by atoms with E-state index >= 15 is 0 Å². The maximum atomic E-state index is 9.53. The zero-order valence-corrected chi connectivity index (χ0v) is 11.6. The number of aromatic nitrogens is 2. The number of hydrogen-bond acceptors (Lipinski definition) is 4. The minimum atomic E-state index is 0.00578. The molecule has 0 aliphatic rings. The van der Waals surface area contributed by atoms with Crippen molar-refractivity contribution in [2.24, 2.45) is 0 Å². The van der Waals surface area contributed by atoms with Gasteiger partial charge in [-0.3, -0.25) is 4.98 Å². The van der Waals surface area contributed by atoms with Crippen LogP contribution in [0, 0.1) is 13.8 Å². The molecule has 0 bridgehead atoms. The first-order valence-electron chi connectivity index (χ1n) is 6.30. The SMILES string of the molecule is Cc1cc(C)c(CO)c(N(C)Cc2cccnc2)n1. The molecule has 4 heteroatoms. The zero-order valence-electron chi connectivity index (χ0n) is 11.6. The van der Waals surface area contributed by atoms with Crippen molar-refractivity contribution in [3.05, 3.63) is 53.0 Å². The standard InChI is InChI=1S/C15H19N3O/c1-11-7-12(2)17-15(14(11)10-19)18(3)9-13-5-4-6-16-8-13/h4-8,19H,9-10H2,1-3H3. The van der Waals surface area contributed by atoms with Gasteiger partial charge < -0.3 is 10.0 Å². The molecular weight excluding hydrogens is 238 g/mol. The molecule has 0 saturated carbocycles. The predicted octanol–water partition coefficient (Wildman–Crippen LogP) is 2.22. The third-order valence-corrected chi connectivity index (χ3v) is 3.12. The second-order valence-corrected chi connectivity index (χ2v) is 4.76. The summed E-state index contributed by atoms with van der Waals surface area (Å²) in [6.07, 6.45) is 3.61. The second kappa shape index (κ2) is 5.80. The van der Waals surface area contributed by atoms with E-state index in [1.54, 1.807) is 6.20 Å². The van der Waals surface area contributed by atoms with Gasteiger partial charge in [0.05, 0.1) is 6.61 Å². The fraction of sp³-hybridized carbons (Fsp3) is 0.333. The lowest BCUT2D eigenvalue weighted by atomic mass is 10.1. The average Bonchev–Trinajstić information content (AvgIpc) is 2.39. The quantitative estimate of drug-likeness (QED) is 0.912. The van der Waals surface area contributed by atoms with Crippen molar-refractivity contribution in [2.75, 3.05) is 11.9 Å². The lowest BCUT2D eigenvalue weighted by Crippen LogP contribution is -2.20. The molecule has 2 rings (SSSR count). The van der Waals surface area contributed by atoms with E-state index in [9.17, 15) is 5.11 Å². The van der Waals surface area contributed by atoms with E-state index in [2.05, 4.69) is 9.97 Å². The summed E-state index contributed by atoms with van der Waals surface area (Å²) in [7, 11) is 1.98. The Morgan fingerprint density at radius 1 is 1.32 bits per heavy atom. The Hall–Kier alpha value is -1.94. The van der Waals surface area contributed by atoms with Gasteiger partial charge in [0, 0.05) is 37.2 Å². The van der Waals surface area contributed by atoms with Crippen molar-refractivity contribution < 1.29 is 5.11 Å². The Kier molecular flexibility index (Phi) is 4.12. The molecule has 1 N–H and O–H groups in total. The molecule has 2 heterocycles. The normalized spacial score (nSPS) is 10.5. The molecule has 2 aromatic heterocycles. The third-order valence-electron chi connectivity index (χ3n) is 3.12. The zero-order chi connectivity index (χ0) is 13.8. The number of anilines is 1. The van der Waals surface area contributed by atoms with Crippen LogP contribution in [0.3, 0.4) is 0 Å². The lowest BCUT2D eigenvalue weighted by molar-refractivity contribution is 0.281. The second-order valence-electron chi connectivity index (χ2n) is 4.76. The molecule has 0 aromatic carbocycles. The van der Waals surface area contributed by atoms with Crippen LogP contribution in [0.1, 0.15) is 22.4 Å². The van der Waals surface area contributed by atoms with E-state index in [-0.39, 0.29) is 6.61 Å². The Morgan fingerprint density at radius 2 is 2.11 bits per heavy atom. The van der Waals surface area contributed by atoms with E-state index in [4.69, 9.17) is 0 Å². The van der Waals surface area contributed by atoms with Gasteiger partial charge >= 0.3 is 0 Å². The van der Waals surface area contributed by atoms with Gasteiger partial charge in [-0.15, -0.1) is 0 Å². The first-order chi connectivity index (χ1) is 9.11. The summed E-state index contributed by atoms with van der Waals surface area (Å²) in [6, 6.07) is 5.95. The van der Waals surface area contributed by atoms with E-state index in [0.29, 0.717) is 0 Å². The molecule has 19 heavy (non-hydrogen) atoms. The van der Waals surface area contributed by atoms with Gasteiger partial charge in [0.2, 0.25) is 0 Å². The van der Waals surface area contributed by atoms with Crippen LogP contribution >= 0.6 is 0 Å². The molecule has 0 unspecified atom stereocenters. The van der Waals surface area contributed by atoms with Gasteiger partial charge in [0.1, 0.15) is 5.82 Å². The summed E-state index contributed by atoms with van der Waals surface area (Å²) in [6.45, 7) is 4.69. The highest BCUT2D eigenvalue weighted by atomic mass is 16.3. The van der Waals surface area contributed by atoms with Gasteiger partial charge in [-0.2, -0.15) is 0 Å². The van der Waals surface area contributed by atoms with Crippen LogP contribution in [-0.2, 0) is 13.2 Å². The fourth-order valence-corrected chi connectivity index (χ4v) is 2.20. The van der Waals surface area contributed by atoms with E-state index in [0.717, 1.165) is 34.7 Å². The van der Waals surface area contributed by atoms with Gasteiger partial charge in [0.15, 0.2) is 0 Å². The minimum absolute atomic E-state index is 0.00578. The highest BCUT2D eigenvalue weighted by molar-refractivity contribution is 5.51. The first kappa shape index (κ1) is 13.5. The van der Waals surface area contributed by atoms with Crippen LogP contribution < -0.4 is 4.90 Å². The van der Waals surface area contributed by atoms with Crippen LogP contribution in [0.4, 0.5) is 5.82 Å². The Labute approximate surface area is 113 Å². The summed E-state index contributed by atoms with van der Waals surface area (Å²) >= 11 is 0. The summed E-state index contributed by atoms with van der Waals surface area (Å²) in [5.41, 5.74) is 4.04. The maximum Gasteiger partial charge on any atom is 0.134 e. The fourth-order valence-electron chi connectivity index (χ4n) is 2.20. The Morgan fingerprint density at radius 3 is 2.74 bits per heavy atom. The van der Waals surface area contributed by atoms with Crippen LogP contribution in [0.15, 0.2) is 30.6 Å². The van der Waals surface area contributed by atoms with Crippen LogP contribution in [0.5, 0.6) is 0 Å². The first-order valence-corrected chi connectivity index (χ1v) is 6.30. The summed E-state index contributed by atoms with van der Waals surface area (Å²) in [5, 5.41) is 9.53. The van der Waals surface area contributed by atoms with Crippen molar-refractivity contribution in [3.8, 4) is 0 Å². The van der Waals surface area contributed by atoms with Crippen molar-refractivity contribution >= 4 is 5.82 Å². The van der Waals surface area contributed by atoms with Crippen LogP contribution in [0.2, 0.25) is 0 Å². The molecule has 0 saturated heterocycles. The van der Waals surface area contributed by atoms with Gasteiger partial charge in [0.25, 0.3) is 0 Å². The Balaban J connectivity index is 2.30. The molecule has 0 spiro atoms. The van der Waals surface area contributed by atoms with E-state index in [1.807, 2.05) is 50.2 Å². The monoisotopic (exact) mass is 257 g/mol. The van der Waals surface area contributed by atoms with Gasteiger partial charge in [-0.05, 0) is 37.1 Å². The summed E-state index contributed by atoms with van der Waals surface area (Å²) in [5.74, 6) is 0.837. The molecule has 0 aliphatic heterocycles. The molecule has 100 valence electrons. The van der Waals surface area contributed by atoms with Crippen molar-refractivity contribution in [1.29, 1.82) is 0 Å². The summed E-state index contributed by atoms with van der Waals surface area (Å²) < 4.78 is 0. The molecule has 0 radical (unpaired) electrons. The number of pyridine rings is 2. The smallest absolute Gasteiger partial charge is 0.134 e. The molecule has 2 aromatic rings. The third kappa shape index (κ3) is 3.09. The molecule has 0 fully saturated rings.